The normalized spacial score (nSPS) is 22.8. The molecule has 0 aromatic heterocycles. The maximum Gasteiger partial charge on any atom is 0.260 e. The second kappa shape index (κ2) is 11.0. The molecular weight excluding hydrogens is 452 g/mol. The lowest BCUT2D eigenvalue weighted by molar-refractivity contribution is -0.137. The van der Waals surface area contributed by atoms with E-state index in [1.807, 2.05) is 12.1 Å². The summed E-state index contributed by atoms with van der Waals surface area (Å²) >= 11 is 0. The summed E-state index contributed by atoms with van der Waals surface area (Å²) in [5, 5.41) is 2.96. The lowest BCUT2D eigenvalue weighted by atomic mass is 9.86. The number of amides is 2. The topological polar surface area (TPSA) is 67.9 Å². The standard InChI is InChI=1S/C30H38N2O4/c1-20-7-5-10-24(17-20)28-27-18-25(36-21(2)29(33)31-19-26-11-6-16-35-26)13-12-22(27)14-15-32(28)30(34)23-8-3-4-9-23/h5,7,10,12-13,17-18,21,23,26,28H,3-4,6,8-9,11,14-16,19H2,1-2H3,(H,31,33)/t21-,26-,28-/m1/s1. The molecule has 2 aromatic rings. The molecule has 0 spiro atoms. The molecule has 6 heteroatoms. The minimum atomic E-state index is -0.623. The molecule has 2 aromatic carbocycles. The number of rotatable bonds is 7. The molecule has 3 atom stereocenters. The minimum Gasteiger partial charge on any atom is -0.481 e. The summed E-state index contributed by atoms with van der Waals surface area (Å²) in [5.41, 5.74) is 4.64. The molecule has 1 aliphatic carbocycles. The van der Waals surface area contributed by atoms with E-state index in [-0.39, 0.29) is 29.9 Å². The molecule has 0 bridgehead atoms. The lowest BCUT2D eigenvalue weighted by Crippen LogP contribution is -2.43. The molecule has 1 saturated carbocycles. The number of hydrogen-bond donors (Lipinski definition) is 1. The highest BCUT2D eigenvalue weighted by atomic mass is 16.5. The van der Waals surface area contributed by atoms with Crippen molar-refractivity contribution in [3.8, 4) is 5.75 Å². The molecule has 1 N–H and O–H groups in total. The van der Waals surface area contributed by atoms with Gasteiger partial charge in [-0.05, 0) is 74.8 Å². The maximum absolute atomic E-state index is 13.6. The fourth-order valence-electron chi connectivity index (χ4n) is 5.93. The molecule has 192 valence electrons. The first-order chi connectivity index (χ1) is 17.5. The number of hydrogen-bond acceptors (Lipinski definition) is 4. The quantitative estimate of drug-likeness (QED) is 0.610. The van der Waals surface area contributed by atoms with E-state index in [0.717, 1.165) is 69.2 Å². The summed E-state index contributed by atoms with van der Waals surface area (Å²) in [7, 11) is 0. The second-order valence-electron chi connectivity index (χ2n) is 10.6. The summed E-state index contributed by atoms with van der Waals surface area (Å²) in [6.07, 6.45) is 6.59. The Bertz CT molecular complexity index is 1090. The third-order valence-corrected chi connectivity index (χ3v) is 7.90. The van der Waals surface area contributed by atoms with Gasteiger partial charge < -0.3 is 19.7 Å². The van der Waals surface area contributed by atoms with Crippen molar-refractivity contribution in [1.29, 1.82) is 0 Å². The fourth-order valence-corrected chi connectivity index (χ4v) is 5.93. The van der Waals surface area contributed by atoms with Crippen molar-refractivity contribution in [2.75, 3.05) is 19.7 Å². The van der Waals surface area contributed by atoms with Gasteiger partial charge in [-0.25, -0.2) is 0 Å². The zero-order valence-corrected chi connectivity index (χ0v) is 21.5. The Morgan fingerprint density at radius 1 is 1.11 bits per heavy atom. The van der Waals surface area contributed by atoms with Gasteiger partial charge in [0.15, 0.2) is 6.10 Å². The van der Waals surface area contributed by atoms with Gasteiger partial charge in [0.2, 0.25) is 5.91 Å². The Balaban J connectivity index is 1.38. The van der Waals surface area contributed by atoms with Crippen molar-refractivity contribution in [3.05, 3.63) is 64.7 Å². The first-order valence-electron chi connectivity index (χ1n) is 13.6. The predicted molar refractivity (Wildman–Crippen MR) is 139 cm³/mol. The molecule has 2 aliphatic heterocycles. The predicted octanol–water partition coefficient (Wildman–Crippen LogP) is 4.72. The number of carbonyl (C=O) groups excluding carboxylic acids is 2. The van der Waals surface area contributed by atoms with Gasteiger partial charge in [-0.2, -0.15) is 0 Å². The Hall–Kier alpha value is -2.86. The van der Waals surface area contributed by atoms with Crippen LogP contribution < -0.4 is 10.1 Å². The van der Waals surface area contributed by atoms with Crippen LogP contribution in [0.1, 0.15) is 73.7 Å². The summed E-state index contributed by atoms with van der Waals surface area (Å²) in [6, 6.07) is 14.4. The van der Waals surface area contributed by atoms with E-state index in [9.17, 15) is 9.59 Å². The maximum atomic E-state index is 13.6. The number of carbonyl (C=O) groups is 2. The fraction of sp³-hybridized carbons (Fsp3) is 0.533. The van der Waals surface area contributed by atoms with E-state index in [0.29, 0.717) is 12.3 Å². The van der Waals surface area contributed by atoms with Crippen LogP contribution in [-0.2, 0) is 20.7 Å². The highest BCUT2D eigenvalue weighted by Gasteiger charge is 2.36. The molecular formula is C30H38N2O4. The molecule has 0 radical (unpaired) electrons. The van der Waals surface area contributed by atoms with Crippen molar-refractivity contribution >= 4 is 11.8 Å². The van der Waals surface area contributed by atoms with Crippen LogP contribution >= 0.6 is 0 Å². The van der Waals surface area contributed by atoms with E-state index in [1.165, 1.54) is 11.1 Å². The first kappa shape index (κ1) is 24.8. The molecule has 2 fully saturated rings. The first-order valence-corrected chi connectivity index (χ1v) is 13.6. The molecule has 6 nitrogen and oxygen atoms in total. The van der Waals surface area contributed by atoms with Gasteiger partial charge in [0.1, 0.15) is 5.75 Å². The molecule has 5 rings (SSSR count). The van der Waals surface area contributed by atoms with Gasteiger partial charge in [0, 0.05) is 25.6 Å². The van der Waals surface area contributed by atoms with Crippen molar-refractivity contribution in [1.82, 2.24) is 10.2 Å². The number of aryl methyl sites for hydroxylation is 1. The van der Waals surface area contributed by atoms with Crippen LogP contribution in [0.15, 0.2) is 42.5 Å². The van der Waals surface area contributed by atoms with E-state index in [2.05, 4.69) is 47.5 Å². The summed E-state index contributed by atoms with van der Waals surface area (Å²) in [5.74, 6) is 0.918. The van der Waals surface area contributed by atoms with Gasteiger partial charge in [-0.15, -0.1) is 0 Å². The zero-order valence-electron chi connectivity index (χ0n) is 21.5. The lowest BCUT2D eigenvalue weighted by Gasteiger charge is -2.39. The van der Waals surface area contributed by atoms with Crippen LogP contribution in [0.5, 0.6) is 5.75 Å². The number of ether oxygens (including phenoxy) is 2. The highest BCUT2D eigenvalue weighted by molar-refractivity contribution is 5.81. The molecule has 0 unspecified atom stereocenters. The van der Waals surface area contributed by atoms with Crippen LogP contribution in [0.25, 0.3) is 0 Å². The third kappa shape index (κ3) is 5.44. The summed E-state index contributed by atoms with van der Waals surface area (Å²) in [6.45, 7) is 5.88. The van der Waals surface area contributed by atoms with Crippen LogP contribution in [0.3, 0.4) is 0 Å². The van der Waals surface area contributed by atoms with E-state index in [1.54, 1.807) is 6.92 Å². The van der Waals surface area contributed by atoms with Crippen molar-refractivity contribution in [3.63, 3.8) is 0 Å². The average Bonchev–Trinajstić information content (AvgIpc) is 3.61. The zero-order chi connectivity index (χ0) is 25.1. The van der Waals surface area contributed by atoms with Gasteiger partial charge >= 0.3 is 0 Å². The monoisotopic (exact) mass is 490 g/mol. The van der Waals surface area contributed by atoms with Gasteiger partial charge in [0.05, 0.1) is 12.1 Å². The van der Waals surface area contributed by atoms with Crippen molar-refractivity contribution in [2.24, 2.45) is 5.92 Å². The largest absolute Gasteiger partial charge is 0.481 e. The third-order valence-electron chi connectivity index (χ3n) is 7.90. The smallest absolute Gasteiger partial charge is 0.260 e. The van der Waals surface area contributed by atoms with E-state index >= 15 is 0 Å². The number of nitrogens with zero attached hydrogens (tertiary/aromatic N) is 1. The van der Waals surface area contributed by atoms with Gasteiger partial charge in [0.25, 0.3) is 5.91 Å². The Labute approximate surface area is 214 Å². The van der Waals surface area contributed by atoms with E-state index in [4.69, 9.17) is 9.47 Å². The Morgan fingerprint density at radius 3 is 2.69 bits per heavy atom. The van der Waals surface area contributed by atoms with E-state index < -0.39 is 6.10 Å². The molecule has 2 amide bonds. The highest BCUT2D eigenvalue weighted by Crippen LogP contribution is 2.40. The van der Waals surface area contributed by atoms with Gasteiger partial charge in [-0.3, -0.25) is 9.59 Å². The number of benzene rings is 2. The number of nitrogens with one attached hydrogen (secondary N) is 1. The second-order valence-corrected chi connectivity index (χ2v) is 10.6. The van der Waals surface area contributed by atoms with Crippen LogP contribution in [0, 0.1) is 12.8 Å². The van der Waals surface area contributed by atoms with Crippen LogP contribution in [0.2, 0.25) is 0 Å². The summed E-state index contributed by atoms with van der Waals surface area (Å²) in [4.78, 5) is 28.4. The van der Waals surface area contributed by atoms with Crippen LogP contribution in [-0.4, -0.2) is 48.6 Å². The van der Waals surface area contributed by atoms with Crippen molar-refractivity contribution in [2.45, 2.75) is 77.0 Å². The van der Waals surface area contributed by atoms with Crippen LogP contribution in [0.4, 0.5) is 0 Å². The SMILES string of the molecule is Cc1cccc([C@@H]2c3cc(O[C@H](C)C(=O)NC[C@H]4CCCO4)ccc3CCN2C(=O)C2CCCC2)c1. The molecule has 1 saturated heterocycles. The number of fused-ring (bicyclic) bond motifs is 1. The Morgan fingerprint density at radius 2 is 1.94 bits per heavy atom. The summed E-state index contributed by atoms with van der Waals surface area (Å²) < 4.78 is 11.7. The average molecular weight is 491 g/mol. The Kier molecular flexibility index (Phi) is 7.61. The minimum absolute atomic E-state index is 0.100. The molecule has 36 heavy (non-hydrogen) atoms. The van der Waals surface area contributed by atoms with Gasteiger partial charge in [-0.1, -0.05) is 48.7 Å². The molecule has 3 aliphatic rings. The van der Waals surface area contributed by atoms with Crippen molar-refractivity contribution < 1.29 is 19.1 Å². The molecule has 2 heterocycles.